The zero-order valence-electron chi connectivity index (χ0n) is 10.3. The maximum absolute atomic E-state index is 13.6. The van der Waals surface area contributed by atoms with Gasteiger partial charge in [-0.05, 0) is 12.1 Å². The van der Waals surface area contributed by atoms with Crippen LogP contribution in [0.1, 0.15) is 12.0 Å². The molecular weight excluding hydrogens is 255 g/mol. The van der Waals surface area contributed by atoms with E-state index in [0.717, 1.165) is 0 Å². The van der Waals surface area contributed by atoms with E-state index >= 15 is 0 Å². The third-order valence-electron chi connectivity index (χ3n) is 2.56. The van der Waals surface area contributed by atoms with Gasteiger partial charge in [-0.15, -0.1) is 0 Å². The van der Waals surface area contributed by atoms with Gasteiger partial charge in [0.15, 0.2) is 0 Å². The van der Waals surface area contributed by atoms with E-state index in [-0.39, 0.29) is 5.82 Å². The number of nitrogens with zero attached hydrogens (tertiary/aromatic N) is 2. The lowest BCUT2D eigenvalue weighted by Crippen LogP contribution is -2.28. The Kier molecular flexibility index (Phi) is 6.66. The van der Waals surface area contributed by atoms with Gasteiger partial charge in [0.2, 0.25) is 0 Å². The number of methoxy groups -OCH3 is 1. The highest BCUT2D eigenvalue weighted by molar-refractivity contribution is 6.30. The smallest absolute Gasteiger partial charge is 0.129 e. The number of benzene rings is 1. The normalized spacial score (nSPS) is 10.6. The van der Waals surface area contributed by atoms with Crippen molar-refractivity contribution in [2.24, 2.45) is 0 Å². The molecule has 5 heteroatoms. The van der Waals surface area contributed by atoms with Crippen LogP contribution in [0.4, 0.5) is 4.39 Å². The van der Waals surface area contributed by atoms with Gasteiger partial charge in [0, 0.05) is 43.8 Å². The zero-order chi connectivity index (χ0) is 13.4. The molecule has 18 heavy (non-hydrogen) atoms. The molecule has 0 amide bonds. The van der Waals surface area contributed by atoms with Gasteiger partial charge in [-0.1, -0.05) is 17.7 Å². The van der Waals surface area contributed by atoms with Crippen LogP contribution in [0.5, 0.6) is 0 Å². The maximum atomic E-state index is 13.6. The molecule has 0 spiro atoms. The second-order valence-corrected chi connectivity index (χ2v) is 4.35. The van der Waals surface area contributed by atoms with Crippen LogP contribution in [-0.4, -0.2) is 31.7 Å². The van der Waals surface area contributed by atoms with Crippen LogP contribution < -0.4 is 0 Å². The first-order valence-electron chi connectivity index (χ1n) is 5.69. The number of halogens is 2. The molecule has 0 N–H and O–H groups in total. The molecule has 0 atom stereocenters. The second-order valence-electron chi connectivity index (χ2n) is 3.91. The average molecular weight is 271 g/mol. The van der Waals surface area contributed by atoms with Crippen LogP contribution in [0, 0.1) is 17.1 Å². The van der Waals surface area contributed by atoms with Crippen molar-refractivity contribution >= 4 is 11.6 Å². The Morgan fingerprint density at radius 1 is 1.44 bits per heavy atom. The van der Waals surface area contributed by atoms with E-state index in [0.29, 0.717) is 43.2 Å². The third kappa shape index (κ3) is 5.01. The van der Waals surface area contributed by atoms with Crippen molar-refractivity contribution in [3.8, 4) is 6.07 Å². The molecule has 0 unspecified atom stereocenters. The molecule has 0 fully saturated rings. The van der Waals surface area contributed by atoms with Crippen LogP contribution in [0.2, 0.25) is 5.02 Å². The Balaban J connectivity index is 2.66. The molecule has 0 bridgehead atoms. The first kappa shape index (κ1) is 14.9. The van der Waals surface area contributed by atoms with E-state index in [1.807, 2.05) is 4.90 Å². The molecule has 98 valence electrons. The van der Waals surface area contributed by atoms with Gasteiger partial charge in [0.1, 0.15) is 5.82 Å². The summed E-state index contributed by atoms with van der Waals surface area (Å²) in [6, 6.07) is 6.72. The van der Waals surface area contributed by atoms with E-state index < -0.39 is 0 Å². The van der Waals surface area contributed by atoms with E-state index in [9.17, 15) is 4.39 Å². The van der Waals surface area contributed by atoms with Gasteiger partial charge in [-0.2, -0.15) is 5.26 Å². The summed E-state index contributed by atoms with van der Waals surface area (Å²) in [4.78, 5) is 1.99. The minimum Gasteiger partial charge on any atom is -0.383 e. The number of hydrogen-bond donors (Lipinski definition) is 0. The fourth-order valence-corrected chi connectivity index (χ4v) is 1.75. The van der Waals surface area contributed by atoms with Crippen molar-refractivity contribution in [3.63, 3.8) is 0 Å². The number of hydrogen-bond acceptors (Lipinski definition) is 3. The van der Waals surface area contributed by atoms with E-state index in [2.05, 4.69) is 6.07 Å². The van der Waals surface area contributed by atoms with E-state index in [1.54, 1.807) is 19.2 Å². The topological polar surface area (TPSA) is 36.3 Å². The summed E-state index contributed by atoms with van der Waals surface area (Å²) in [7, 11) is 1.62. The number of rotatable bonds is 7. The largest absolute Gasteiger partial charge is 0.383 e. The lowest BCUT2D eigenvalue weighted by molar-refractivity contribution is 0.144. The zero-order valence-corrected chi connectivity index (χ0v) is 11.1. The predicted molar refractivity (Wildman–Crippen MR) is 68.8 cm³/mol. The quantitative estimate of drug-likeness (QED) is 0.764. The highest BCUT2D eigenvalue weighted by atomic mass is 35.5. The molecule has 1 aromatic rings. The first-order valence-corrected chi connectivity index (χ1v) is 6.07. The Labute approximate surface area is 112 Å². The molecule has 0 aliphatic carbocycles. The summed E-state index contributed by atoms with van der Waals surface area (Å²) < 4.78 is 18.6. The van der Waals surface area contributed by atoms with Gasteiger partial charge in [-0.3, -0.25) is 4.90 Å². The Morgan fingerprint density at radius 2 is 2.22 bits per heavy atom. The lowest BCUT2D eigenvalue weighted by atomic mass is 10.2. The molecule has 0 saturated heterocycles. The molecule has 0 aliphatic heterocycles. The lowest BCUT2D eigenvalue weighted by Gasteiger charge is -2.21. The minimum absolute atomic E-state index is 0.318. The highest BCUT2D eigenvalue weighted by Gasteiger charge is 2.09. The van der Waals surface area contributed by atoms with Crippen molar-refractivity contribution in [2.75, 3.05) is 26.8 Å². The average Bonchev–Trinajstić information content (AvgIpc) is 2.35. The van der Waals surface area contributed by atoms with Gasteiger partial charge < -0.3 is 4.74 Å². The summed E-state index contributed by atoms with van der Waals surface area (Å²) in [6.45, 7) is 2.27. The van der Waals surface area contributed by atoms with Gasteiger partial charge in [-0.25, -0.2) is 4.39 Å². The van der Waals surface area contributed by atoms with Gasteiger partial charge >= 0.3 is 0 Å². The number of nitriles is 1. The van der Waals surface area contributed by atoms with E-state index in [1.165, 1.54) is 6.07 Å². The van der Waals surface area contributed by atoms with Crippen molar-refractivity contribution in [2.45, 2.75) is 13.0 Å². The molecule has 1 rings (SSSR count). The summed E-state index contributed by atoms with van der Waals surface area (Å²) in [6.07, 6.45) is 0.416. The van der Waals surface area contributed by atoms with Crippen molar-refractivity contribution < 1.29 is 9.13 Å². The molecular formula is C13H16ClFN2O. The van der Waals surface area contributed by atoms with Crippen molar-refractivity contribution in [1.29, 1.82) is 5.26 Å². The molecule has 0 aliphatic rings. The monoisotopic (exact) mass is 270 g/mol. The maximum Gasteiger partial charge on any atom is 0.129 e. The molecule has 0 saturated carbocycles. The van der Waals surface area contributed by atoms with Crippen molar-refractivity contribution in [3.05, 3.63) is 34.6 Å². The minimum atomic E-state index is -0.318. The first-order chi connectivity index (χ1) is 8.67. The van der Waals surface area contributed by atoms with Gasteiger partial charge in [0.05, 0.1) is 12.7 Å². The predicted octanol–water partition coefficient (Wildman–Crippen LogP) is 2.84. The fraction of sp³-hybridized carbons (Fsp3) is 0.462. The second kappa shape index (κ2) is 8.04. The van der Waals surface area contributed by atoms with E-state index in [4.69, 9.17) is 21.6 Å². The molecule has 3 nitrogen and oxygen atoms in total. The summed E-state index contributed by atoms with van der Waals surface area (Å²) >= 11 is 5.70. The highest BCUT2D eigenvalue weighted by Crippen LogP contribution is 2.16. The Morgan fingerprint density at radius 3 is 2.83 bits per heavy atom. The molecule has 0 radical (unpaired) electrons. The van der Waals surface area contributed by atoms with Gasteiger partial charge in [0.25, 0.3) is 0 Å². The van der Waals surface area contributed by atoms with Crippen LogP contribution in [0.3, 0.4) is 0 Å². The Bertz CT molecular complexity index is 420. The fourth-order valence-electron chi connectivity index (χ4n) is 1.59. The standard InChI is InChI=1S/C13H16ClFN2O/c1-18-8-7-17(6-2-5-16)10-11-3-4-12(14)9-13(11)15/h3-4,9H,2,6-8,10H2,1H3. The molecule has 0 heterocycles. The van der Waals surface area contributed by atoms with Crippen LogP contribution >= 0.6 is 11.6 Å². The van der Waals surface area contributed by atoms with Crippen LogP contribution in [-0.2, 0) is 11.3 Å². The number of ether oxygens (including phenoxy) is 1. The summed E-state index contributed by atoms with van der Waals surface area (Å²) in [5.74, 6) is -0.318. The molecule has 1 aromatic carbocycles. The van der Waals surface area contributed by atoms with Crippen LogP contribution in [0.15, 0.2) is 18.2 Å². The molecule has 0 aromatic heterocycles. The Hall–Kier alpha value is -1.15. The van der Waals surface area contributed by atoms with Crippen molar-refractivity contribution in [1.82, 2.24) is 4.90 Å². The SMILES string of the molecule is COCCN(CCC#N)Cc1ccc(Cl)cc1F. The summed E-state index contributed by atoms with van der Waals surface area (Å²) in [5, 5.41) is 8.98. The summed E-state index contributed by atoms with van der Waals surface area (Å²) in [5.41, 5.74) is 0.577. The van der Waals surface area contributed by atoms with Crippen LogP contribution in [0.25, 0.3) is 0 Å². The third-order valence-corrected chi connectivity index (χ3v) is 2.80.